The number of aliphatic hydroxyl groups is 1. The maximum atomic E-state index is 13.3. The zero-order valence-corrected chi connectivity index (χ0v) is 16.4. The van der Waals surface area contributed by atoms with Crippen LogP contribution in [0.2, 0.25) is 0 Å². The van der Waals surface area contributed by atoms with Gasteiger partial charge in [-0.2, -0.15) is 13.2 Å². The quantitative estimate of drug-likeness (QED) is 0.740. The van der Waals surface area contributed by atoms with Crippen molar-refractivity contribution in [1.82, 2.24) is 14.8 Å². The first-order valence-electron chi connectivity index (χ1n) is 10.4. The number of nitrogens with two attached hydrogens (primary N) is 1. The van der Waals surface area contributed by atoms with Crippen molar-refractivity contribution in [2.24, 2.45) is 11.7 Å². The molecule has 6 nitrogen and oxygen atoms in total. The highest BCUT2D eigenvalue weighted by atomic mass is 19.4. The lowest BCUT2D eigenvalue weighted by molar-refractivity contribution is -0.141. The molecule has 9 heteroatoms. The van der Waals surface area contributed by atoms with E-state index in [9.17, 15) is 18.3 Å². The zero-order chi connectivity index (χ0) is 20.6. The summed E-state index contributed by atoms with van der Waals surface area (Å²) in [6.07, 6.45) is -1.17. The zero-order valence-electron chi connectivity index (χ0n) is 16.4. The van der Waals surface area contributed by atoms with Gasteiger partial charge in [-0.25, -0.2) is 4.98 Å². The Bertz CT molecular complexity index is 697. The van der Waals surface area contributed by atoms with Gasteiger partial charge in [0.2, 0.25) is 5.88 Å². The van der Waals surface area contributed by atoms with E-state index in [1.165, 1.54) is 0 Å². The van der Waals surface area contributed by atoms with Crippen LogP contribution in [0, 0.1) is 5.92 Å². The van der Waals surface area contributed by atoms with Crippen LogP contribution >= 0.6 is 0 Å². The highest BCUT2D eigenvalue weighted by Crippen LogP contribution is 2.34. The second-order valence-corrected chi connectivity index (χ2v) is 8.62. The van der Waals surface area contributed by atoms with E-state index in [4.69, 9.17) is 10.5 Å². The molecule has 0 spiro atoms. The minimum absolute atomic E-state index is 0.0428. The molecule has 1 aromatic rings. The van der Waals surface area contributed by atoms with Gasteiger partial charge in [-0.15, -0.1) is 0 Å². The number of ether oxygens (including phenoxy) is 1. The number of aliphatic hydroxyl groups excluding tert-OH is 1. The Hall–Kier alpha value is -1.42. The summed E-state index contributed by atoms with van der Waals surface area (Å²) in [5.41, 5.74) is 5.28. The smallest absolute Gasteiger partial charge is 0.433 e. The summed E-state index contributed by atoms with van der Waals surface area (Å²) in [6, 6.07) is 3.27. The molecule has 1 aliphatic carbocycles. The molecule has 1 saturated carbocycles. The van der Waals surface area contributed by atoms with Crippen molar-refractivity contribution in [1.29, 1.82) is 0 Å². The first kappa shape index (κ1) is 20.8. The van der Waals surface area contributed by atoms with E-state index >= 15 is 0 Å². The molecule has 2 aliphatic heterocycles. The van der Waals surface area contributed by atoms with Gasteiger partial charge in [-0.1, -0.05) is 0 Å². The molecule has 4 rings (SSSR count). The Morgan fingerprint density at radius 3 is 2.45 bits per heavy atom. The summed E-state index contributed by atoms with van der Waals surface area (Å²) in [5, 5.41) is 9.39. The van der Waals surface area contributed by atoms with Crippen molar-refractivity contribution in [3.8, 4) is 5.88 Å². The fourth-order valence-corrected chi connectivity index (χ4v) is 4.51. The lowest BCUT2D eigenvalue weighted by Gasteiger charge is -2.45. The van der Waals surface area contributed by atoms with Gasteiger partial charge in [-0.3, -0.25) is 4.90 Å². The third-order valence-corrected chi connectivity index (χ3v) is 6.32. The molecule has 0 amide bonds. The predicted molar refractivity (Wildman–Crippen MR) is 101 cm³/mol. The number of piperidine rings is 1. The Labute approximate surface area is 168 Å². The van der Waals surface area contributed by atoms with Crippen LogP contribution in [0.3, 0.4) is 0 Å². The number of nitrogens with zero attached hydrogens (tertiary/aromatic N) is 3. The fourth-order valence-electron chi connectivity index (χ4n) is 4.51. The standard InChI is InChI=1S/C20H29F3N4O2/c21-20(22,23)18-7-14(10-26-11-16(28)12-26)8-19(25-18)29-17-1-3-27(4-2-17)15-5-13(6-15)9-24/h7-8,13,15-17,28H,1-6,9-12,24H2. The van der Waals surface area contributed by atoms with E-state index in [0.717, 1.165) is 51.4 Å². The largest absolute Gasteiger partial charge is 0.474 e. The summed E-state index contributed by atoms with van der Waals surface area (Å²) in [6.45, 7) is 3.83. The normalized spacial score (nSPS) is 27.5. The van der Waals surface area contributed by atoms with Crippen molar-refractivity contribution in [2.45, 2.75) is 56.7 Å². The second kappa shape index (κ2) is 8.37. The number of likely N-dealkylation sites (tertiary alicyclic amines) is 2. The van der Waals surface area contributed by atoms with Gasteiger partial charge in [0, 0.05) is 44.8 Å². The summed E-state index contributed by atoms with van der Waals surface area (Å²) in [5.74, 6) is 0.676. The maximum Gasteiger partial charge on any atom is 0.433 e. The van der Waals surface area contributed by atoms with E-state index in [0.29, 0.717) is 37.2 Å². The lowest BCUT2D eigenvalue weighted by Crippen LogP contribution is -2.51. The maximum absolute atomic E-state index is 13.3. The summed E-state index contributed by atoms with van der Waals surface area (Å²) >= 11 is 0. The molecule has 3 N–H and O–H groups in total. The number of β-amino-alcohol motifs (C(OH)–C–C–N with tert-alkyl or cyclic N) is 1. The van der Waals surface area contributed by atoms with Gasteiger partial charge in [0.25, 0.3) is 0 Å². The number of alkyl halides is 3. The highest BCUT2D eigenvalue weighted by molar-refractivity contribution is 5.27. The second-order valence-electron chi connectivity index (χ2n) is 8.62. The number of hydrogen-bond donors (Lipinski definition) is 2. The SMILES string of the molecule is NCC1CC(N2CCC(Oc3cc(CN4CC(O)C4)cc(C(F)(F)F)n3)CC2)C1. The minimum atomic E-state index is -4.52. The number of pyridine rings is 1. The summed E-state index contributed by atoms with van der Waals surface area (Å²) < 4.78 is 45.7. The van der Waals surface area contributed by atoms with Crippen LogP contribution in [-0.4, -0.2) is 70.9 Å². The van der Waals surface area contributed by atoms with E-state index in [-0.39, 0.29) is 12.0 Å². The molecule has 0 unspecified atom stereocenters. The van der Waals surface area contributed by atoms with Crippen molar-refractivity contribution < 1.29 is 23.0 Å². The van der Waals surface area contributed by atoms with Crippen molar-refractivity contribution in [3.05, 3.63) is 23.4 Å². The van der Waals surface area contributed by atoms with Gasteiger partial charge in [0.15, 0.2) is 0 Å². The number of halogens is 3. The number of hydrogen-bond acceptors (Lipinski definition) is 6. The number of rotatable bonds is 6. The van der Waals surface area contributed by atoms with Gasteiger partial charge in [0.05, 0.1) is 6.10 Å². The Morgan fingerprint density at radius 1 is 1.17 bits per heavy atom. The molecule has 0 radical (unpaired) electrons. The number of aromatic nitrogens is 1. The molecule has 3 heterocycles. The fraction of sp³-hybridized carbons (Fsp3) is 0.750. The predicted octanol–water partition coefficient (Wildman–Crippen LogP) is 1.86. The molecule has 2 saturated heterocycles. The van der Waals surface area contributed by atoms with Crippen LogP contribution in [-0.2, 0) is 12.7 Å². The first-order chi connectivity index (χ1) is 13.8. The van der Waals surface area contributed by atoms with Gasteiger partial charge >= 0.3 is 6.18 Å². The lowest BCUT2D eigenvalue weighted by atomic mass is 9.79. The minimum Gasteiger partial charge on any atom is -0.474 e. The van der Waals surface area contributed by atoms with Gasteiger partial charge in [0.1, 0.15) is 11.8 Å². The van der Waals surface area contributed by atoms with E-state index in [1.54, 1.807) is 6.07 Å². The van der Waals surface area contributed by atoms with Crippen LogP contribution in [0.1, 0.15) is 36.9 Å². The molecule has 0 atom stereocenters. The molecule has 29 heavy (non-hydrogen) atoms. The van der Waals surface area contributed by atoms with E-state index in [2.05, 4.69) is 9.88 Å². The Balaban J connectivity index is 1.36. The highest BCUT2D eigenvalue weighted by Gasteiger charge is 2.36. The van der Waals surface area contributed by atoms with E-state index < -0.39 is 18.0 Å². The molecule has 1 aromatic heterocycles. The third kappa shape index (κ3) is 5.02. The van der Waals surface area contributed by atoms with Crippen LogP contribution in [0.5, 0.6) is 5.88 Å². The van der Waals surface area contributed by atoms with Crippen LogP contribution in [0.25, 0.3) is 0 Å². The monoisotopic (exact) mass is 414 g/mol. The average molecular weight is 414 g/mol. The Morgan fingerprint density at radius 2 is 1.86 bits per heavy atom. The summed E-state index contributed by atoms with van der Waals surface area (Å²) in [4.78, 5) is 8.07. The average Bonchev–Trinajstić information content (AvgIpc) is 2.60. The first-order valence-corrected chi connectivity index (χ1v) is 10.4. The molecular formula is C20H29F3N4O2. The van der Waals surface area contributed by atoms with Crippen molar-refractivity contribution in [2.75, 3.05) is 32.7 Å². The Kier molecular flexibility index (Phi) is 6.02. The van der Waals surface area contributed by atoms with Crippen LogP contribution in [0.15, 0.2) is 12.1 Å². The third-order valence-electron chi connectivity index (χ3n) is 6.32. The van der Waals surface area contributed by atoms with Crippen molar-refractivity contribution in [3.63, 3.8) is 0 Å². The molecule has 0 aromatic carbocycles. The molecule has 3 aliphatic rings. The van der Waals surface area contributed by atoms with Crippen molar-refractivity contribution >= 4 is 0 Å². The van der Waals surface area contributed by atoms with Gasteiger partial charge < -0.3 is 20.5 Å². The molecule has 0 bridgehead atoms. The van der Waals surface area contributed by atoms with Gasteiger partial charge in [-0.05, 0) is 49.8 Å². The molecular weight excluding hydrogens is 385 g/mol. The topological polar surface area (TPSA) is 74.8 Å². The molecule has 3 fully saturated rings. The summed E-state index contributed by atoms with van der Waals surface area (Å²) in [7, 11) is 0. The van der Waals surface area contributed by atoms with Crippen LogP contribution in [0.4, 0.5) is 13.2 Å². The van der Waals surface area contributed by atoms with Crippen LogP contribution < -0.4 is 10.5 Å². The molecule has 162 valence electrons. The van der Waals surface area contributed by atoms with E-state index in [1.807, 2.05) is 4.90 Å².